The second kappa shape index (κ2) is 9.97. The molecule has 1 atom stereocenters. The molecule has 0 aromatic heterocycles. The summed E-state index contributed by atoms with van der Waals surface area (Å²) < 4.78 is 28.1. The molecular weight excluding hydrogens is 362 g/mol. The van der Waals surface area contributed by atoms with Gasteiger partial charge in [-0.25, -0.2) is 8.78 Å². The van der Waals surface area contributed by atoms with Gasteiger partial charge in [0.1, 0.15) is 17.7 Å². The van der Waals surface area contributed by atoms with Crippen LogP contribution in [-0.2, 0) is 22.6 Å². The number of halogens is 2. The number of carbonyl (C=O) groups is 2. The normalized spacial score (nSPS) is 11.9. The van der Waals surface area contributed by atoms with E-state index in [-0.39, 0.29) is 30.4 Å². The van der Waals surface area contributed by atoms with Gasteiger partial charge in [0.2, 0.25) is 11.8 Å². The largest absolute Gasteiger partial charge is 0.354 e. The molecule has 0 unspecified atom stereocenters. The van der Waals surface area contributed by atoms with Crippen molar-refractivity contribution in [1.29, 1.82) is 0 Å². The zero-order valence-electron chi connectivity index (χ0n) is 16.4. The zero-order chi connectivity index (χ0) is 20.7. The van der Waals surface area contributed by atoms with Gasteiger partial charge in [0, 0.05) is 18.7 Å². The molecule has 0 radical (unpaired) electrons. The van der Waals surface area contributed by atoms with Crippen molar-refractivity contribution >= 4 is 11.8 Å². The maximum Gasteiger partial charge on any atom is 0.242 e. The molecule has 2 aromatic carbocycles. The smallest absolute Gasteiger partial charge is 0.242 e. The first kappa shape index (κ1) is 21.5. The summed E-state index contributed by atoms with van der Waals surface area (Å²) in [5.74, 6) is -1.46. The summed E-state index contributed by atoms with van der Waals surface area (Å²) >= 11 is 0. The maximum atomic E-state index is 14.1. The third-order valence-corrected chi connectivity index (χ3v) is 4.45. The minimum Gasteiger partial charge on any atom is -0.354 e. The van der Waals surface area contributed by atoms with E-state index in [1.165, 1.54) is 23.1 Å². The van der Waals surface area contributed by atoms with Gasteiger partial charge in [0.25, 0.3) is 0 Å². The van der Waals surface area contributed by atoms with Gasteiger partial charge in [0.15, 0.2) is 0 Å². The Labute approximate surface area is 164 Å². The van der Waals surface area contributed by atoms with Crippen molar-refractivity contribution in [2.24, 2.45) is 5.92 Å². The van der Waals surface area contributed by atoms with Crippen LogP contribution in [0.15, 0.2) is 48.5 Å². The molecule has 0 spiro atoms. The molecule has 2 rings (SSSR count). The molecule has 0 heterocycles. The summed E-state index contributed by atoms with van der Waals surface area (Å²) in [6.45, 7) is 5.92. The van der Waals surface area contributed by atoms with Crippen molar-refractivity contribution in [1.82, 2.24) is 10.2 Å². The minimum absolute atomic E-state index is 0.0732. The molecule has 0 saturated carbocycles. The van der Waals surface area contributed by atoms with Crippen LogP contribution in [-0.4, -0.2) is 29.3 Å². The van der Waals surface area contributed by atoms with Crippen LogP contribution in [0, 0.1) is 17.6 Å². The topological polar surface area (TPSA) is 49.4 Å². The quantitative estimate of drug-likeness (QED) is 0.750. The fraction of sp³-hybridized carbons (Fsp3) is 0.364. The maximum absolute atomic E-state index is 14.1. The molecule has 6 heteroatoms. The standard InChI is InChI=1S/C22H26F2N2O2/c1-15(2)13-25-22(28)16(3)26(14-18-9-5-7-11-20(18)24)21(27)12-17-8-4-6-10-19(17)23/h4-11,15-16H,12-14H2,1-3H3,(H,25,28)/t16-/m0/s1. The average Bonchev–Trinajstić information content (AvgIpc) is 2.66. The Morgan fingerprint density at radius 1 is 0.929 bits per heavy atom. The number of benzene rings is 2. The lowest BCUT2D eigenvalue weighted by atomic mass is 10.1. The molecule has 0 aliphatic heterocycles. The number of hydrogen-bond acceptors (Lipinski definition) is 2. The van der Waals surface area contributed by atoms with Gasteiger partial charge in [0.05, 0.1) is 6.42 Å². The van der Waals surface area contributed by atoms with E-state index in [4.69, 9.17) is 0 Å². The Bertz CT molecular complexity index is 824. The highest BCUT2D eigenvalue weighted by Gasteiger charge is 2.27. The van der Waals surface area contributed by atoms with Gasteiger partial charge in [-0.3, -0.25) is 9.59 Å². The highest BCUT2D eigenvalue weighted by molar-refractivity contribution is 5.88. The number of hydrogen-bond donors (Lipinski definition) is 1. The lowest BCUT2D eigenvalue weighted by Crippen LogP contribution is -2.48. The van der Waals surface area contributed by atoms with Crippen LogP contribution in [0.1, 0.15) is 31.9 Å². The Morgan fingerprint density at radius 2 is 1.46 bits per heavy atom. The van der Waals surface area contributed by atoms with Crippen molar-refractivity contribution in [3.63, 3.8) is 0 Å². The Kier molecular flexibility index (Phi) is 7.67. The molecule has 1 N–H and O–H groups in total. The number of nitrogens with one attached hydrogen (secondary N) is 1. The third-order valence-electron chi connectivity index (χ3n) is 4.45. The van der Waals surface area contributed by atoms with Gasteiger partial charge < -0.3 is 10.2 Å². The van der Waals surface area contributed by atoms with Gasteiger partial charge in [-0.05, 0) is 30.5 Å². The molecule has 2 aromatic rings. The number of nitrogens with zero attached hydrogens (tertiary/aromatic N) is 1. The highest BCUT2D eigenvalue weighted by Crippen LogP contribution is 2.16. The fourth-order valence-electron chi connectivity index (χ4n) is 2.75. The SMILES string of the molecule is CC(C)CNC(=O)[C@H](C)N(Cc1ccccc1F)C(=O)Cc1ccccc1F. The molecule has 4 nitrogen and oxygen atoms in total. The zero-order valence-corrected chi connectivity index (χ0v) is 16.4. The van der Waals surface area contributed by atoms with Crippen LogP contribution in [0.5, 0.6) is 0 Å². The molecule has 0 saturated heterocycles. The van der Waals surface area contributed by atoms with E-state index in [0.29, 0.717) is 12.1 Å². The molecule has 28 heavy (non-hydrogen) atoms. The summed E-state index contributed by atoms with van der Waals surface area (Å²) in [5, 5.41) is 2.79. The van der Waals surface area contributed by atoms with E-state index in [0.717, 1.165) is 0 Å². The van der Waals surface area contributed by atoms with Crippen molar-refractivity contribution in [3.8, 4) is 0 Å². The molecular formula is C22H26F2N2O2. The molecule has 150 valence electrons. The number of rotatable bonds is 8. The molecule has 0 aliphatic carbocycles. The summed E-state index contributed by atoms with van der Waals surface area (Å²) in [4.78, 5) is 26.7. The monoisotopic (exact) mass is 388 g/mol. The van der Waals surface area contributed by atoms with Crippen molar-refractivity contribution < 1.29 is 18.4 Å². The average molecular weight is 388 g/mol. The molecule has 0 fully saturated rings. The first-order chi connectivity index (χ1) is 13.3. The highest BCUT2D eigenvalue weighted by atomic mass is 19.1. The second-order valence-electron chi connectivity index (χ2n) is 7.20. The molecule has 2 amide bonds. The van der Waals surface area contributed by atoms with Crippen LogP contribution in [0.3, 0.4) is 0 Å². The van der Waals surface area contributed by atoms with E-state index in [1.807, 2.05) is 13.8 Å². The Hall–Kier alpha value is -2.76. The lowest BCUT2D eigenvalue weighted by molar-refractivity contribution is -0.140. The second-order valence-corrected chi connectivity index (χ2v) is 7.20. The summed E-state index contributed by atoms with van der Waals surface area (Å²) in [7, 11) is 0. The van der Waals surface area contributed by atoms with Gasteiger partial charge >= 0.3 is 0 Å². The molecule has 0 bridgehead atoms. The lowest BCUT2D eigenvalue weighted by Gasteiger charge is -2.29. The van der Waals surface area contributed by atoms with Crippen LogP contribution in [0.4, 0.5) is 8.78 Å². The number of carbonyl (C=O) groups excluding carboxylic acids is 2. The van der Waals surface area contributed by atoms with Crippen molar-refractivity contribution in [2.75, 3.05) is 6.54 Å². The summed E-state index contributed by atoms with van der Waals surface area (Å²) in [5.41, 5.74) is 0.536. The van der Waals surface area contributed by atoms with Crippen molar-refractivity contribution in [3.05, 3.63) is 71.3 Å². The van der Waals surface area contributed by atoms with E-state index in [1.54, 1.807) is 37.3 Å². The van der Waals surface area contributed by atoms with Crippen LogP contribution in [0.2, 0.25) is 0 Å². The first-order valence-corrected chi connectivity index (χ1v) is 9.33. The first-order valence-electron chi connectivity index (χ1n) is 9.33. The minimum atomic E-state index is -0.822. The van der Waals surface area contributed by atoms with E-state index < -0.39 is 23.6 Å². The van der Waals surface area contributed by atoms with Crippen molar-refractivity contribution in [2.45, 2.75) is 39.8 Å². The van der Waals surface area contributed by atoms with Crippen LogP contribution >= 0.6 is 0 Å². The van der Waals surface area contributed by atoms with Gasteiger partial charge in [-0.15, -0.1) is 0 Å². The van der Waals surface area contributed by atoms with E-state index in [2.05, 4.69) is 5.32 Å². The predicted octanol–water partition coefficient (Wildman–Crippen LogP) is 3.70. The van der Waals surface area contributed by atoms with Crippen LogP contribution in [0.25, 0.3) is 0 Å². The summed E-state index contributed by atoms with van der Waals surface area (Å²) in [6, 6.07) is 11.3. The summed E-state index contributed by atoms with van der Waals surface area (Å²) in [6.07, 6.45) is -0.205. The van der Waals surface area contributed by atoms with Gasteiger partial charge in [-0.2, -0.15) is 0 Å². The van der Waals surface area contributed by atoms with Crippen LogP contribution < -0.4 is 5.32 Å². The fourth-order valence-corrected chi connectivity index (χ4v) is 2.75. The van der Waals surface area contributed by atoms with Gasteiger partial charge in [-0.1, -0.05) is 50.2 Å². The van der Waals surface area contributed by atoms with E-state index in [9.17, 15) is 18.4 Å². The third kappa shape index (κ3) is 5.87. The number of amides is 2. The predicted molar refractivity (Wildman–Crippen MR) is 104 cm³/mol. The Morgan fingerprint density at radius 3 is 2.00 bits per heavy atom. The van der Waals surface area contributed by atoms with E-state index >= 15 is 0 Å². The molecule has 0 aliphatic rings. The Balaban J connectivity index is 2.24.